The maximum Gasteiger partial charge on any atom is 0.412 e. The van der Waals surface area contributed by atoms with Crippen molar-refractivity contribution in [3.05, 3.63) is 29.2 Å². The summed E-state index contributed by atoms with van der Waals surface area (Å²) < 4.78 is 81.4. The van der Waals surface area contributed by atoms with Gasteiger partial charge in [0.15, 0.2) is 0 Å². The summed E-state index contributed by atoms with van der Waals surface area (Å²) in [6.07, 6.45) is -7.19. The van der Waals surface area contributed by atoms with Crippen LogP contribution in [0.4, 0.5) is 32.2 Å². The van der Waals surface area contributed by atoms with Gasteiger partial charge in [-0.3, -0.25) is 4.99 Å². The number of hydrogen-bond donors (Lipinski definition) is 1. The van der Waals surface area contributed by atoms with Gasteiger partial charge in [-0.25, -0.2) is 15.4 Å². The van der Waals surface area contributed by atoms with Gasteiger partial charge in [0.1, 0.15) is 35.8 Å². The number of halogens is 7. The number of piperidine rings is 1. The van der Waals surface area contributed by atoms with E-state index in [0.29, 0.717) is 24.1 Å². The second-order valence-corrected chi connectivity index (χ2v) is 9.05. The largest absolute Gasteiger partial charge is 0.412 e. The van der Waals surface area contributed by atoms with E-state index in [1.807, 2.05) is 0 Å². The number of amidine groups is 1. The van der Waals surface area contributed by atoms with Crippen LogP contribution in [0.5, 0.6) is 0 Å². The second kappa shape index (κ2) is 11.7. The topological polar surface area (TPSA) is 87.4 Å². The Bertz CT molecular complexity index is 970. The molecule has 0 radical (unpaired) electrons. The highest BCUT2D eigenvalue weighted by molar-refractivity contribution is 6.29. The zero-order valence-corrected chi connectivity index (χ0v) is 20.3. The van der Waals surface area contributed by atoms with Crippen molar-refractivity contribution in [1.29, 1.82) is 0 Å². The quantitative estimate of drug-likeness (QED) is 0.0932. The van der Waals surface area contributed by atoms with Crippen molar-refractivity contribution in [2.45, 2.75) is 50.7 Å². The fourth-order valence-corrected chi connectivity index (χ4v) is 4.47. The van der Waals surface area contributed by atoms with Crippen LogP contribution in [0.3, 0.4) is 0 Å². The van der Waals surface area contributed by atoms with Crippen LogP contribution in [-0.4, -0.2) is 67.0 Å². The van der Waals surface area contributed by atoms with Crippen LogP contribution in [0, 0.1) is 11.8 Å². The number of anilines is 1. The van der Waals surface area contributed by atoms with E-state index in [2.05, 4.69) is 35.6 Å². The third-order valence-corrected chi connectivity index (χ3v) is 6.37. The summed E-state index contributed by atoms with van der Waals surface area (Å²) >= 11 is 5.97. The van der Waals surface area contributed by atoms with Gasteiger partial charge in [0.25, 0.3) is 0 Å². The van der Waals surface area contributed by atoms with Gasteiger partial charge in [-0.2, -0.15) is 31.5 Å². The summed E-state index contributed by atoms with van der Waals surface area (Å²) in [5, 5.41) is 8.62. The molecule has 36 heavy (non-hydrogen) atoms. The first-order valence-corrected chi connectivity index (χ1v) is 11.5. The Labute approximate surface area is 208 Å². The van der Waals surface area contributed by atoms with Gasteiger partial charge in [0.05, 0.1) is 6.04 Å². The van der Waals surface area contributed by atoms with Crippen LogP contribution in [-0.2, 0) is 4.74 Å². The van der Waals surface area contributed by atoms with E-state index in [1.54, 1.807) is 6.07 Å². The number of allylic oxidation sites excluding steroid dienone is 1. The lowest BCUT2D eigenvalue weighted by atomic mass is 9.93. The Kier molecular flexibility index (Phi) is 9.14. The summed E-state index contributed by atoms with van der Waals surface area (Å²) in [4.78, 5) is 14.1. The highest BCUT2D eigenvalue weighted by atomic mass is 35.5. The van der Waals surface area contributed by atoms with Crippen LogP contribution in [0.2, 0.25) is 5.15 Å². The molecule has 2 fully saturated rings. The average molecular weight is 542 g/mol. The highest BCUT2D eigenvalue weighted by Gasteiger charge is 2.43. The van der Waals surface area contributed by atoms with Gasteiger partial charge in [-0.15, -0.1) is 0 Å². The van der Waals surface area contributed by atoms with Crippen molar-refractivity contribution in [3.8, 4) is 0 Å². The Morgan fingerprint density at radius 2 is 1.89 bits per heavy atom. The fourth-order valence-electron chi connectivity index (χ4n) is 4.33. The van der Waals surface area contributed by atoms with Gasteiger partial charge in [-0.1, -0.05) is 22.9 Å². The molecule has 0 spiro atoms. The average Bonchev–Trinajstić information content (AvgIpc) is 3.02. The van der Waals surface area contributed by atoms with Gasteiger partial charge in [-0.05, 0) is 26.2 Å². The maximum absolute atomic E-state index is 12.8. The van der Waals surface area contributed by atoms with E-state index in [4.69, 9.17) is 16.3 Å². The Balaban J connectivity index is 1.65. The highest BCUT2D eigenvalue weighted by Crippen LogP contribution is 2.40. The molecular formula is C21H26ClF6N7O. The first-order valence-electron chi connectivity index (χ1n) is 11.1. The Morgan fingerprint density at radius 3 is 2.44 bits per heavy atom. The number of hydrogen-bond acceptors (Lipinski definition) is 7. The van der Waals surface area contributed by atoms with Crippen molar-refractivity contribution < 1.29 is 31.1 Å². The first-order chi connectivity index (χ1) is 16.9. The normalized spacial score (nSPS) is 24.5. The van der Waals surface area contributed by atoms with Crippen molar-refractivity contribution in [2.24, 2.45) is 27.2 Å². The van der Waals surface area contributed by atoms with Crippen molar-refractivity contribution in [2.75, 3.05) is 31.6 Å². The van der Waals surface area contributed by atoms with Crippen LogP contribution >= 0.6 is 11.6 Å². The summed E-state index contributed by atoms with van der Waals surface area (Å²) in [5.41, 5.74) is 1.54. The lowest BCUT2D eigenvalue weighted by Gasteiger charge is -2.36. The first kappa shape index (κ1) is 28.1. The number of nitrogens with zero attached hydrogens (tertiary/aromatic N) is 6. The van der Waals surface area contributed by atoms with Gasteiger partial charge >= 0.3 is 12.4 Å². The molecule has 1 aliphatic heterocycles. The zero-order chi connectivity index (χ0) is 26.5. The van der Waals surface area contributed by atoms with E-state index in [-0.39, 0.29) is 23.7 Å². The molecule has 15 heteroatoms. The monoisotopic (exact) mass is 541 g/mol. The van der Waals surface area contributed by atoms with Crippen molar-refractivity contribution in [3.63, 3.8) is 0 Å². The predicted molar refractivity (Wildman–Crippen MR) is 121 cm³/mol. The van der Waals surface area contributed by atoms with E-state index in [0.717, 1.165) is 25.8 Å². The molecular weight excluding hydrogens is 516 g/mol. The van der Waals surface area contributed by atoms with Gasteiger partial charge in [0.2, 0.25) is 0 Å². The molecule has 4 atom stereocenters. The Morgan fingerprint density at radius 1 is 1.22 bits per heavy atom. The van der Waals surface area contributed by atoms with E-state index in [1.165, 1.54) is 13.4 Å². The molecule has 1 unspecified atom stereocenters. The van der Waals surface area contributed by atoms with Gasteiger partial charge in [0, 0.05) is 43.6 Å². The molecule has 1 aromatic heterocycles. The second-order valence-electron chi connectivity index (χ2n) is 8.66. The standard InChI is InChI=1S/C21H26ClF6N7O/c1-12(21(26,27)28)3-6-15(36-10-20(23,24)25)19(29-2)33-34-32-18-13-4-5-14(18)9-35(8-13)17-7-16(22)30-11-31-17/h3,7,11,13-15,18H,4-6,8-10H2,1-2H3,(H,29,32,33)/b12-3+/t13-,14+,15?,18-. The Hall–Kier alpha value is -2.48. The summed E-state index contributed by atoms with van der Waals surface area (Å²) in [6.45, 7) is 0.514. The molecule has 2 bridgehead atoms. The molecule has 0 amide bonds. The molecule has 1 aromatic rings. The number of ether oxygens (including phenoxy) is 1. The SMILES string of the molecule is C/N=C(\N/N=N/[C@@H]1[C@@H]2CC[C@H]1CN(c1cc(Cl)ncn1)C2)C(C/C=C(\C)C(F)(F)F)OCC(F)(F)F. The van der Waals surface area contributed by atoms with Crippen molar-refractivity contribution in [1.82, 2.24) is 15.4 Å². The third-order valence-electron chi connectivity index (χ3n) is 6.16. The summed E-state index contributed by atoms with van der Waals surface area (Å²) in [5.74, 6) is 0.890. The smallest absolute Gasteiger partial charge is 0.361 e. The minimum Gasteiger partial charge on any atom is -0.361 e. The number of alkyl halides is 6. The lowest BCUT2D eigenvalue weighted by molar-refractivity contribution is -0.179. The van der Waals surface area contributed by atoms with Crippen LogP contribution < -0.4 is 10.3 Å². The number of aromatic nitrogens is 2. The van der Waals surface area contributed by atoms with E-state index < -0.39 is 37.1 Å². The third kappa shape index (κ3) is 7.76. The molecule has 200 valence electrons. The minimum absolute atomic E-state index is 0.133. The van der Waals surface area contributed by atoms with Crippen LogP contribution in [0.1, 0.15) is 26.2 Å². The molecule has 8 nitrogen and oxygen atoms in total. The van der Waals surface area contributed by atoms with Gasteiger partial charge < -0.3 is 9.64 Å². The summed E-state index contributed by atoms with van der Waals surface area (Å²) in [7, 11) is 1.27. The molecule has 2 heterocycles. The molecule has 1 saturated heterocycles. The molecule has 0 aromatic carbocycles. The maximum atomic E-state index is 12.8. The molecule has 1 saturated carbocycles. The molecule has 1 aliphatic carbocycles. The molecule has 3 rings (SSSR count). The lowest BCUT2D eigenvalue weighted by Crippen LogP contribution is -2.44. The number of nitrogens with one attached hydrogen (secondary N) is 1. The number of rotatable bonds is 8. The number of aliphatic imine (C=N–C) groups is 1. The zero-order valence-electron chi connectivity index (χ0n) is 19.5. The van der Waals surface area contributed by atoms with Crippen LogP contribution in [0.25, 0.3) is 0 Å². The van der Waals surface area contributed by atoms with Crippen LogP contribution in [0.15, 0.2) is 39.4 Å². The minimum atomic E-state index is -4.66. The van der Waals surface area contributed by atoms with Crippen molar-refractivity contribution >= 4 is 23.3 Å². The molecule has 2 aliphatic rings. The fraction of sp³-hybridized carbons (Fsp3) is 0.667. The summed E-state index contributed by atoms with van der Waals surface area (Å²) in [6, 6.07) is 1.55. The predicted octanol–water partition coefficient (Wildman–Crippen LogP) is 5.18. The van der Waals surface area contributed by atoms with E-state index >= 15 is 0 Å². The molecule has 1 N–H and O–H groups in total. The van der Waals surface area contributed by atoms with E-state index in [9.17, 15) is 26.3 Å². The number of fused-ring (bicyclic) bond motifs is 2.